The molecule has 0 saturated carbocycles. The number of aryl methyl sites for hydroxylation is 1. The van der Waals surface area contributed by atoms with Crippen LogP contribution in [0.25, 0.3) is 22.0 Å². The highest BCUT2D eigenvalue weighted by Gasteiger charge is 2.21. The molecule has 0 unspecified atom stereocenters. The van der Waals surface area contributed by atoms with Crippen LogP contribution in [0.4, 0.5) is 0 Å². The number of benzene rings is 2. The SMILES string of the molecule is CN/C(=C(\C=N)c1ccc2c(=O)[nH]nc(CN)c2c1)c1ccc2c(c1C#N)OCCC2. The molecule has 0 fully saturated rings. The number of aromatic amines is 1. The summed E-state index contributed by atoms with van der Waals surface area (Å²) >= 11 is 0. The van der Waals surface area contributed by atoms with E-state index in [1.54, 1.807) is 25.2 Å². The lowest BCUT2D eigenvalue weighted by Crippen LogP contribution is -2.15. The third-order valence-corrected chi connectivity index (χ3v) is 5.49. The van der Waals surface area contributed by atoms with Crippen molar-refractivity contribution in [1.82, 2.24) is 15.5 Å². The summed E-state index contributed by atoms with van der Waals surface area (Å²) in [6.07, 6.45) is 3.02. The number of nitriles is 1. The van der Waals surface area contributed by atoms with E-state index >= 15 is 0 Å². The highest BCUT2D eigenvalue weighted by atomic mass is 16.5. The highest BCUT2D eigenvalue weighted by Crippen LogP contribution is 2.35. The molecule has 31 heavy (non-hydrogen) atoms. The van der Waals surface area contributed by atoms with E-state index in [0.717, 1.165) is 18.4 Å². The van der Waals surface area contributed by atoms with Crippen LogP contribution in [-0.4, -0.2) is 30.1 Å². The molecule has 2 heterocycles. The fourth-order valence-electron chi connectivity index (χ4n) is 4.00. The van der Waals surface area contributed by atoms with E-state index in [4.69, 9.17) is 15.9 Å². The molecule has 0 spiro atoms. The first-order valence-electron chi connectivity index (χ1n) is 9.96. The van der Waals surface area contributed by atoms with Crippen molar-refractivity contribution in [3.05, 3.63) is 68.6 Å². The maximum Gasteiger partial charge on any atom is 0.272 e. The molecule has 0 radical (unpaired) electrons. The monoisotopic (exact) mass is 414 g/mol. The van der Waals surface area contributed by atoms with Crippen molar-refractivity contribution in [1.29, 1.82) is 10.7 Å². The highest BCUT2D eigenvalue weighted by molar-refractivity contribution is 6.19. The number of nitrogens with two attached hydrogens (primary N) is 1. The van der Waals surface area contributed by atoms with E-state index in [9.17, 15) is 10.1 Å². The van der Waals surface area contributed by atoms with Crippen LogP contribution in [0.15, 0.2) is 35.1 Å². The first kappa shape index (κ1) is 20.3. The van der Waals surface area contributed by atoms with Crippen LogP contribution < -0.4 is 21.3 Å². The summed E-state index contributed by atoms with van der Waals surface area (Å²) in [7, 11) is 1.75. The van der Waals surface area contributed by atoms with E-state index in [-0.39, 0.29) is 12.1 Å². The molecule has 5 N–H and O–H groups in total. The van der Waals surface area contributed by atoms with Crippen LogP contribution >= 0.6 is 0 Å². The van der Waals surface area contributed by atoms with Crippen molar-refractivity contribution in [2.75, 3.05) is 13.7 Å². The predicted octanol–water partition coefficient (Wildman–Crippen LogP) is 2.32. The first-order valence-corrected chi connectivity index (χ1v) is 9.96. The molecule has 1 aliphatic rings. The molecule has 0 bridgehead atoms. The van der Waals surface area contributed by atoms with Gasteiger partial charge in [-0.15, -0.1) is 0 Å². The van der Waals surface area contributed by atoms with Crippen molar-refractivity contribution in [3.8, 4) is 11.8 Å². The quantitative estimate of drug-likeness (QED) is 0.373. The van der Waals surface area contributed by atoms with E-state index < -0.39 is 0 Å². The zero-order valence-electron chi connectivity index (χ0n) is 17.1. The summed E-state index contributed by atoms with van der Waals surface area (Å²) in [6.45, 7) is 0.745. The Balaban J connectivity index is 1.97. The Morgan fingerprint density at radius 1 is 1.39 bits per heavy atom. The van der Waals surface area contributed by atoms with E-state index in [2.05, 4.69) is 21.6 Å². The van der Waals surface area contributed by atoms with Crippen LogP contribution in [0.1, 0.15) is 34.4 Å². The summed E-state index contributed by atoms with van der Waals surface area (Å²) in [4.78, 5) is 12.2. The Hall–Kier alpha value is -3.96. The molecular weight excluding hydrogens is 392 g/mol. The number of aromatic nitrogens is 2. The Kier molecular flexibility index (Phi) is 5.52. The summed E-state index contributed by atoms with van der Waals surface area (Å²) in [5.41, 5.74) is 10.1. The van der Waals surface area contributed by atoms with E-state index in [1.807, 2.05) is 12.1 Å². The molecule has 1 aliphatic heterocycles. The number of rotatable bonds is 5. The fraction of sp³-hybridized carbons (Fsp3) is 0.217. The summed E-state index contributed by atoms with van der Waals surface area (Å²) in [5, 5.41) is 28.7. The molecule has 0 amide bonds. The summed E-state index contributed by atoms with van der Waals surface area (Å²) in [5.74, 6) is 0.614. The molecule has 1 aromatic heterocycles. The number of allylic oxidation sites excluding steroid dienone is 1. The number of hydrogen-bond acceptors (Lipinski definition) is 7. The van der Waals surface area contributed by atoms with Gasteiger partial charge in [-0.05, 0) is 36.1 Å². The Morgan fingerprint density at radius 3 is 2.94 bits per heavy atom. The van der Waals surface area contributed by atoms with Gasteiger partial charge in [0.1, 0.15) is 17.4 Å². The molecule has 0 saturated heterocycles. The van der Waals surface area contributed by atoms with Crippen LogP contribution in [0.2, 0.25) is 0 Å². The average molecular weight is 414 g/mol. The predicted molar refractivity (Wildman–Crippen MR) is 120 cm³/mol. The molecular formula is C23H22N6O2. The molecule has 4 rings (SSSR count). The second-order valence-electron chi connectivity index (χ2n) is 7.19. The number of H-pyrrole nitrogens is 1. The van der Waals surface area contributed by atoms with Gasteiger partial charge in [-0.3, -0.25) is 4.79 Å². The van der Waals surface area contributed by atoms with Gasteiger partial charge in [0.15, 0.2) is 0 Å². The topological polar surface area (TPSA) is 141 Å². The normalized spacial score (nSPS) is 13.6. The molecule has 156 valence electrons. The smallest absolute Gasteiger partial charge is 0.272 e. The van der Waals surface area contributed by atoms with Gasteiger partial charge < -0.3 is 21.2 Å². The van der Waals surface area contributed by atoms with Gasteiger partial charge in [0, 0.05) is 36.3 Å². The lowest BCUT2D eigenvalue weighted by Gasteiger charge is -2.22. The number of hydrogen-bond donors (Lipinski definition) is 4. The van der Waals surface area contributed by atoms with Crippen LogP contribution in [0.5, 0.6) is 5.75 Å². The van der Waals surface area contributed by atoms with Gasteiger partial charge in [0.25, 0.3) is 5.56 Å². The maximum absolute atomic E-state index is 12.2. The van der Waals surface area contributed by atoms with Crippen LogP contribution in [0.3, 0.4) is 0 Å². The number of nitrogens with zero attached hydrogens (tertiary/aromatic N) is 2. The molecule has 3 aromatic rings. The van der Waals surface area contributed by atoms with Crippen molar-refractivity contribution in [2.45, 2.75) is 19.4 Å². The third kappa shape index (κ3) is 3.45. The zero-order chi connectivity index (χ0) is 22.0. The number of fused-ring (bicyclic) bond motifs is 2. The van der Waals surface area contributed by atoms with Crippen molar-refractivity contribution in [2.24, 2.45) is 5.73 Å². The lowest BCUT2D eigenvalue weighted by molar-refractivity contribution is 0.287. The largest absolute Gasteiger partial charge is 0.492 e. The second-order valence-corrected chi connectivity index (χ2v) is 7.19. The third-order valence-electron chi connectivity index (χ3n) is 5.49. The zero-order valence-corrected chi connectivity index (χ0v) is 17.1. The minimum absolute atomic E-state index is 0.167. The lowest BCUT2D eigenvalue weighted by atomic mass is 9.92. The second kappa shape index (κ2) is 8.42. The van der Waals surface area contributed by atoms with Crippen molar-refractivity contribution in [3.63, 3.8) is 0 Å². The van der Waals surface area contributed by atoms with Crippen molar-refractivity contribution < 1.29 is 4.74 Å². The molecule has 8 heteroatoms. The van der Waals surface area contributed by atoms with E-state index in [1.165, 1.54) is 6.21 Å². The minimum atomic E-state index is -0.299. The summed E-state index contributed by atoms with van der Waals surface area (Å²) < 4.78 is 5.81. The van der Waals surface area contributed by atoms with Gasteiger partial charge >= 0.3 is 0 Å². The first-order chi connectivity index (χ1) is 15.1. The standard InChI is InChI=1S/C23H22N6O2/c1-27-21(15-6-4-13-3-2-8-31-22(13)19(15)11-25)18(10-24)14-5-7-16-17(9-14)20(12-26)28-29-23(16)30/h4-7,9-10,24,27H,2-3,8,12,26H2,1H3,(H,29,30)/b21-18+,24-10?. The Morgan fingerprint density at radius 2 is 2.23 bits per heavy atom. The van der Waals surface area contributed by atoms with Gasteiger partial charge in [0.05, 0.1) is 23.4 Å². The van der Waals surface area contributed by atoms with Gasteiger partial charge in [-0.2, -0.15) is 10.4 Å². The maximum atomic E-state index is 12.2. The van der Waals surface area contributed by atoms with E-state index in [0.29, 0.717) is 56.8 Å². The molecule has 8 nitrogen and oxygen atoms in total. The fourth-order valence-corrected chi connectivity index (χ4v) is 4.00. The number of ether oxygens (including phenoxy) is 1. The van der Waals surface area contributed by atoms with Crippen molar-refractivity contribution >= 4 is 28.3 Å². The molecule has 2 aromatic carbocycles. The Labute approximate surface area is 178 Å². The van der Waals surface area contributed by atoms with Crippen LogP contribution in [-0.2, 0) is 13.0 Å². The van der Waals surface area contributed by atoms with Crippen LogP contribution in [0, 0.1) is 16.7 Å². The van der Waals surface area contributed by atoms with Gasteiger partial charge in [-0.1, -0.05) is 18.2 Å². The summed E-state index contributed by atoms with van der Waals surface area (Å²) in [6, 6.07) is 11.4. The average Bonchev–Trinajstić information content (AvgIpc) is 2.82. The Bertz CT molecular complexity index is 1320. The van der Waals surface area contributed by atoms with Gasteiger partial charge in [0.2, 0.25) is 0 Å². The van der Waals surface area contributed by atoms with Gasteiger partial charge in [-0.25, -0.2) is 5.10 Å². The molecule has 0 aliphatic carbocycles. The number of nitrogens with one attached hydrogen (secondary N) is 3. The molecule has 0 atom stereocenters. The minimum Gasteiger partial charge on any atom is -0.492 e.